The predicted molar refractivity (Wildman–Crippen MR) is 114 cm³/mol. The summed E-state index contributed by atoms with van der Waals surface area (Å²) >= 11 is 0. The van der Waals surface area contributed by atoms with E-state index in [1.807, 2.05) is 36.5 Å². The van der Waals surface area contributed by atoms with Crippen molar-refractivity contribution in [2.75, 3.05) is 10.6 Å². The maximum absolute atomic E-state index is 4.61. The number of aromatic amines is 1. The number of hydrogen-bond acceptors (Lipinski definition) is 4. The van der Waals surface area contributed by atoms with E-state index in [9.17, 15) is 0 Å². The monoisotopic (exact) mass is 368 g/mol. The molecule has 0 radical (unpaired) electrons. The molecule has 0 atom stereocenters. The molecule has 5 aromatic rings. The first kappa shape index (κ1) is 16.4. The molecular formula is C22H20N6. The number of para-hydroxylation sites is 1. The Morgan fingerprint density at radius 1 is 1.04 bits per heavy atom. The van der Waals surface area contributed by atoms with Crippen LogP contribution < -0.4 is 10.6 Å². The molecule has 0 bridgehead atoms. The van der Waals surface area contributed by atoms with Gasteiger partial charge in [0.05, 0.1) is 12.4 Å². The summed E-state index contributed by atoms with van der Waals surface area (Å²) in [6, 6.07) is 20.6. The Morgan fingerprint density at radius 2 is 1.96 bits per heavy atom. The summed E-state index contributed by atoms with van der Waals surface area (Å²) in [6.45, 7) is 2.76. The average Bonchev–Trinajstić information content (AvgIpc) is 3.31. The highest BCUT2D eigenvalue weighted by molar-refractivity contribution is 5.93. The number of H-pyrrole nitrogens is 1. The summed E-state index contributed by atoms with van der Waals surface area (Å²) in [5.74, 6) is 1.34. The van der Waals surface area contributed by atoms with E-state index in [4.69, 9.17) is 0 Å². The summed E-state index contributed by atoms with van der Waals surface area (Å²) < 4.78 is 2.24. The highest BCUT2D eigenvalue weighted by Gasteiger charge is 2.07. The van der Waals surface area contributed by atoms with Crippen LogP contribution in [0.15, 0.2) is 73.1 Å². The Hall–Kier alpha value is -3.80. The number of aromatic nitrogens is 4. The lowest BCUT2D eigenvalue weighted by Crippen LogP contribution is -2.11. The van der Waals surface area contributed by atoms with Crippen LogP contribution in [0.1, 0.15) is 5.69 Å². The zero-order valence-electron chi connectivity index (χ0n) is 15.5. The van der Waals surface area contributed by atoms with Gasteiger partial charge in [0.2, 0.25) is 5.95 Å². The summed E-state index contributed by atoms with van der Waals surface area (Å²) in [5, 5.41) is 9.07. The Balaban J connectivity index is 1.37. The smallest absolute Gasteiger partial charge is 0.229 e. The summed E-state index contributed by atoms with van der Waals surface area (Å²) in [4.78, 5) is 12.2. The average molecular weight is 368 g/mol. The first-order valence-corrected chi connectivity index (χ1v) is 9.23. The molecule has 138 valence electrons. The molecule has 0 aliphatic heterocycles. The minimum Gasteiger partial charge on any atom is -0.361 e. The molecule has 0 spiro atoms. The number of aryl methyl sites for hydroxylation is 1. The molecule has 0 fully saturated rings. The van der Waals surface area contributed by atoms with Crippen LogP contribution in [-0.4, -0.2) is 19.5 Å². The van der Waals surface area contributed by atoms with Crippen molar-refractivity contribution in [2.45, 2.75) is 13.6 Å². The van der Waals surface area contributed by atoms with Gasteiger partial charge in [-0.2, -0.15) is 4.98 Å². The molecule has 2 aromatic carbocycles. The summed E-state index contributed by atoms with van der Waals surface area (Å²) in [7, 11) is 0. The van der Waals surface area contributed by atoms with Gasteiger partial charge in [-0.25, -0.2) is 4.98 Å². The van der Waals surface area contributed by atoms with Crippen molar-refractivity contribution in [1.29, 1.82) is 0 Å². The van der Waals surface area contributed by atoms with Crippen LogP contribution in [0.4, 0.5) is 17.5 Å². The van der Waals surface area contributed by atoms with E-state index < -0.39 is 0 Å². The van der Waals surface area contributed by atoms with Gasteiger partial charge < -0.3 is 20.2 Å². The zero-order chi connectivity index (χ0) is 18.9. The molecule has 0 saturated heterocycles. The number of hydrogen-bond donors (Lipinski definition) is 3. The fourth-order valence-electron chi connectivity index (χ4n) is 3.55. The fourth-order valence-corrected chi connectivity index (χ4v) is 3.55. The molecule has 6 nitrogen and oxygen atoms in total. The first-order chi connectivity index (χ1) is 13.8. The van der Waals surface area contributed by atoms with Gasteiger partial charge in [0.25, 0.3) is 0 Å². The lowest BCUT2D eigenvalue weighted by molar-refractivity contribution is 0.777. The molecular weight excluding hydrogens is 348 g/mol. The van der Waals surface area contributed by atoms with Crippen LogP contribution in [-0.2, 0) is 6.67 Å². The topological polar surface area (TPSA) is 70.6 Å². The van der Waals surface area contributed by atoms with E-state index in [-0.39, 0.29) is 0 Å². The van der Waals surface area contributed by atoms with Crippen LogP contribution in [0.25, 0.3) is 21.8 Å². The van der Waals surface area contributed by atoms with E-state index in [0.29, 0.717) is 12.6 Å². The van der Waals surface area contributed by atoms with Crippen LogP contribution in [0.3, 0.4) is 0 Å². The summed E-state index contributed by atoms with van der Waals surface area (Å²) in [6.07, 6.45) is 3.69. The Labute approximate surface area is 162 Å². The van der Waals surface area contributed by atoms with E-state index in [1.165, 1.54) is 16.6 Å². The van der Waals surface area contributed by atoms with Crippen LogP contribution in [0.5, 0.6) is 0 Å². The van der Waals surface area contributed by atoms with E-state index in [2.05, 4.69) is 67.4 Å². The molecule has 0 aliphatic carbocycles. The number of nitrogens with zero attached hydrogens (tertiary/aromatic N) is 3. The van der Waals surface area contributed by atoms with Gasteiger partial charge in [0, 0.05) is 34.5 Å². The van der Waals surface area contributed by atoms with Crippen molar-refractivity contribution in [1.82, 2.24) is 19.5 Å². The molecule has 0 aliphatic rings. The van der Waals surface area contributed by atoms with Crippen LogP contribution in [0, 0.1) is 6.92 Å². The maximum atomic E-state index is 4.61. The largest absolute Gasteiger partial charge is 0.361 e. The summed E-state index contributed by atoms with van der Waals surface area (Å²) in [5.41, 5.74) is 4.47. The van der Waals surface area contributed by atoms with Crippen molar-refractivity contribution in [3.8, 4) is 0 Å². The number of nitrogens with one attached hydrogen (secondary N) is 3. The Kier molecular flexibility index (Phi) is 3.94. The highest BCUT2D eigenvalue weighted by Crippen LogP contribution is 2.25. The minimum absolute atomic E-state index is 0.563. The van der Waals surface area contributed by atoms with Crippen molar-refractivity contribution in [3.63, 3.8) is 0 Å². The van der Waals surface area contributed by atoms with E-state index >= 15 is 0 Å². The lowest BCUT2D eigenvalue weighted by atomic mass is 10.2. The molecule has 6 heteroatoms. The van der Waals surface area contributed by atoms with Gasteiger partial charge in [-0.05, 0) is 48.7 Å². The second kappa shape index (κ2) is 6.74. The first-order valence-electron chi connectivity index (χ1n) is 9.23. The zero-order valence-corrected chi connectivity index (χ0v) is 15.5. The third-order valence-corrected chi connectivity index (χ3v) is 4.93. The second-order valence-corrected chi connectivity index (χ2v) is 6.74. The maximum Gasteiger partial charge on any atom is 0.229 e. The molecule has 0 saturated carbocycles. The number of fused-ring (bicyclic) bond motifs is 2. The minimum atomic E-state index is 0.563. The van der Waals surface area contributed by atoms with Gasteiger partial charge in [0.1, 0.15) is 5.82 Å². The van der Waals surface area contributed by atoms with Crippen molar-refractivity contribution < 1.29 is 0 Å². The quantitative estimate of drug-likeness (QED) is 0.407. The second-order valence-electron chi connectivity index (χ2n) is 6.74. The van der Waals surface area contributed by atoms with Gasteiger partial charge in [-0.1, -0.05) is 24.3 Å². The number of rotatable bonds is 5. The van der Waals surface area contributed by atoms with Crippen LogP contribution in [0.2, 0.25) is 0 Å². The Morgan fingerprint density at radius 3 is 2.93 bits per heavy atom. The molecule has 5 rings (SSSR count). The Bertz CT molecular complexity index is 1270. The van der Waals surface area contributed by atoms with Crippen molar-refractivity contribution >= 4 is 39.3 Å². The van der Waals surface area contributed by atoms with Crippen molar-refractivity contribution in [2.24, 2.45) is 0 Å². The molecule has 0 unspecified atom stereocenters. The van der Waals surface area contributed by atoms with Crippen LogP contribution >= 0.6 is 0 Å². The molecule has 3 aromatic heterocycles. The van der Waals surface area contributed by atoms with Gasteiger partial charge in [0.15, 0.2) is 0 Å². The lowest BCUT2D eigenvalue weighted by Gasteiger charge is -2.12. The highest BCUT2D eigenvalue weighted by atomic mass is 15.2. The standard InChI is InChI=1S/C22H20N6/c1-15-13-16-5-2-3-8-20(16)28(15)14-25-21-10-12-24-22(27-21)26-19-7-4-6-18-17(19)9-11-23-18/h2-13,23H,14H2,1H3,(H2,24,25,26,27). The van der Waals surface area contributed by atoms with Gasteiger partial charge >= 0.3 is 0 Å². The third kappa shape index (κ3) is 2.95. The normalized spacial score (nSPS) is 11.2. The third-order valence-electron chi connectivity index (χ3n) is 4.93. The SMILES string of the molecule is Cc1cc2ccccc2n1CNc1ccnc(Nc2cccc3[nH]ccc23)n1. The molecule has 28 heavy (non-hydrogen) atoms. The number of benzene rings is 2. The number of anilines is 3. The molecule has 0 amide bonds. The molecule has 3 heterocycles. The van der Waals surface area contributed by atoms with E-state index in [1.54, 1.807) is 6.20 Å². The van der Waals surface area contributed by atoms with Gasteiger partial charge in [-0.15, -0.1) is 0 Å². The van der Waals surface area contributed by atoms with Gasteiger partial charge in [-0.3, -0.25) is 0 Å². The fraction of sp³-hybridized carbons (Fsp3) is 0.0909. The van der Waals surface area contributed by atoms with E-state index in [0.717, 1.165) is 22.4 Å². The van der Waals surface area contributed by atoms with Crippen molar-refractivity contribution in [3.05, 3.63) is 78.8 Å². The predicted octanol–water partition coefficient (Wildman–Crippen LogP) is 5.03. The molecule has 3 N–H and O–H groups in total.